The molecule has 0 saturated heterocycles. The van der Waals surface area contributed by atoms with Crippen LogP contribution in [0.2, 0.25) is 0 Å². The number of allylic oxidation sites excluding steroid dienone is 2. The zero-order valence-corrected chi connectivity index (χ0v) is 11.7. The van der Waals surface area contributed by atoms with E-state index in [1.165, 1.54) is 16.7 Å². The van der Waals surface area contributed by atoms with E-state index in [0.717, 1.165) is 18.6 Å². The molecule has 1 aromatic carbocycles. The molecule has 1 rings (SSSR count). The molecule has 0 aliphatic heterocycles. The molecule has 0 saturated carbocycles. The molecular formula is C16H24O. The Labute approximate surface area is 106 Å². The van der Waals surface area contributed by atoms with Gasteiger partial charge in [0.1, 0.15) is 5.75 Å². The van der Waals surface area contributed by atoms with Gasteiger partial charge >= 0.3 is 0 Å². The smallest absolute Gasteiger partial charge is 0.119 e. The van der Waals surface area contributed by atoms with Gasteiger partial charge in [-0.25, -0.2) is 0 Å². The van der Waals surface area contributed by atoms with Gasteiger partial charge < -0.3 is 4.74 Å². The number of hydrogen-bond acceptors (Lipinski definition) is 1. The first kappa shape index (κ1) is 13.8. The minimum absolute atomic E-state index is 0.573. The molecule has 0 amide bonds. The topological polar surface area (TPSA) is 9.23 Å². The second-order valence-corrected chi connectivity index (χ2v) is 4.69. The van der Waals surface area contributed by atoms with Crippen LogP contribution in [-0.2, 0) is 0 Å². The van der Waals surface area contributed by atoms with Crippen LogP contribution < -0.4 is 4.74 Å². The molecule has 1 heteroatoms. The van der Waals surface area contributed by atoms with Crippen LogP contribution in [0, 0.1) is 13.8 Å². The monoisotopic (exact) mass is 232 g/mol. The van der Waals surface area contributed by atoms with Crippen LogP contribution in [0.25, 0.3) is 0 Å². The van der Waals surface area contributed by atoms with Crippen molar-refractivity contribution in [1.82, 2.24) is 0 Å². The van der Waals surface area contributed by atoms with Crippen molar-refractivity contribution in [2.45, 2.75) is 46.5 Å². The van der Waals surface area contributed by atoms with E-state index >= 15 is 0 Å². The third kappa shape index (κ3) is 3.62. The van der Waals surface area contributed by atoms with Gasteiger partial charge in [0.05, 0.1) is 7.11 Å². The van der Waals surface area contributed by atoms with Crippen LogP contribution in [0.15, 0.2) is 24.3 Å². The number of benzene rings is 1. The van der Waals surface area contributed by atoms with Gasteiger partial charge in [-0.1, -0.05) is 26.0 Å². The Morgan fingerprint density at radius 3 is 2.24 bits per heavy atom. The van der Waals surface area contributed by atoms with Crippen molar-refractivity contribution >= 4 is 0 Å². The van der Waals surface area contributed by atoms with Crippen molar-refractivity contribution in [3.05, 3.63) is 41.0 Å². The molecule has 1 nitrogen and oxygen atoms in total. The quantitative estimate of drug-likeness (QED) is 0.664. The van der Waals surface area contributed by atoms with E-state index < -0.39 is 0 Å². The Balaban J connectivity index is 2.93. The molecule has 1 aromatic rings. The summed E-state index contributed by atoms with van der Waals surface area (Å²) in [5.41, 5.74) is 4.13. The second-order valence-electron chi connectivity index (χ2n) is 4.69. The third-order valence-corrected chi connectivity index (χ3v) is 3.19. The van der Waals surface area contributed by atoms with Crippen LogP contribution in [0.1, 0.15) is 49.3 Å². The van der Waals surface area contributed by atoms with E-state index in [2.05, 4.69) is 52.0 Å². The Morgan fingerprint density at radius 1 is 1.18 bits per heavy atom. The van der Waals surface area contributed by atoms with Crippen molar-refractivity contribution < 1.29 is 4.74 Å². The number of hydrogen-bond donors (Lipinski definition) is 0. The fourth-order valence-electron chi connectivity index (χ4n) is 2.41. The van der Waals surface area contributed by atoms with Gasteiger partial charge in [0.2, 0.25) is 0 Å². The van der Waals surface area contributed by atoms with Crippen LogP contribution in [0.4, 0.5) is 0 Å². The highest BCUT2D eigenvalue weighted by Crippen LogP contribution is 2.30. The molecule has 17 heavy (non-hydrogen) atoms. The highest BCUT2D eigenvalue weighted by Gasteiger charge is 2.11. The van der Waals surface area contributed by atoms with E-state index in [1.807, 2.05) is 0 Å². The lowest BCUT2D eigenvalue weighted by Crippen LogP contribution is -2.00. The molecule has 0 fully saturated rings. The summed E-state index contributed by atoms with van der Waals surface area (Å²) in [4.78, 5) is 0. The summed E-state index contributed by atoms with van der Waals surface area (Å²) in [6.07, 6.45) is 6.76. The molecule has 0 aliphatic rings. The molecule has 1 unspecified atom stereocenters. The van der Waals surface area contributed by atoms with Crippen molar-refractivity contribution in [3.63, 3.8) is 0 Å². The van der Waals surface area contributed by atoms with Crippen LogP contribution in [-0.4, -0.2) is 7.11 Å². The molecule has 0 radical (unpaired) electrons. The second kappa shape index (κ2) is 6.48. The molecule has 0 heterocycles. The Kier molecular flexibility index (Phi) is 5.27. The van der Waals surface area contributed by atoms with E-state index in [9.17, 15) is 0 Å². The van der Waals surface area contributed by atoms with Crippen LogP contribution in [0.3, 0.4) is 0 Å². The maximum Gasteiger partial charge on any atom is 0.119 e. The maximum atomic E-state index is 5.30. The lowest BCUT2D eigenvalue weighted by molar-refractivity contribution is 0.414. The van der Waals surface area contributed by atoms with Gasteiger partial charge in [-0.2, -0.15) is 0 Å². The molecular weight excluding hydrogens is 208 g/mol. The van der Waals surface area contributed by atoms with Crippen molar-refractivity contribution in [3.8, 4) is 5.75 Å². The number of methoxy groups -OCH3 is 1. The molecule has 0 bridgehead atoms. The molecule has 0 N–H and O–H groups in total. The zero-order valence-electron chi connectivity index (χ0n) is 11.7. The minimum atomic E-state index is 0.573. The van der Waals surface area contributed by atoms with E-state index in [1.54, 1.807) is 7.11 Å². The van der Waals surface area contributed by atoms with E-state index in [-0.39, 0.29) is 0 Å². The summed E-state index contributed by atoms with van der Waals surface area (Å²) in [7, 11) is 1.72. The van der Waals surface area contributed by atoms with Gasteiger partial charge in [0.25, 0.3) is 0 Å². The molecule has 0 aliphatic carbocycles. The standard InChI is InChI=1S/C16H24O/c1-6-7-8-9-12(2)16-13(3)10-15(17-5)11-14(16)4/h7-8,10-12H,6,9H2,1-5H3/b8-7-. The lowest BCUT2D eigenvalue weighted by Gasteiger charge is -2.17. The first-order valence-electron chi connectivity index (χ1n) is 6.40. The average Bonchev–Trinajstić information content (AvgIpc) is 2.28. The molecule has 94 valence electrons. The predicted octanol–water partition coefficient (Wildman–Crippen LogP) is 4.77. The first-order chi connectivity index (χ1) is 8.10. The highest BCUT2D eigenvalue weighted by molar-refractivity contribution is 5.43. The van der Waals surface area contributed by atoms with E-state index in [4.69, 9.17) is 4.74 Å². The van der Waals surface area contributed by atoms with Gasteiger partial charge in [-0.15, -0.1) is 0 Å². The number of rotatable bonds is 5. The fourth-order valence-corrected chi connectivity index (χ4v) is 2.41. The maximum absolute atomic E-state index is 5.30. The fraction of sp³-hybridized carbons (Fsp3) is 0.500. The summed E-state index contributed by atoms with van der Waals surface area (Å²) in [5, 5.41) is 0. The lowest BCUT2D eigenvalue weighted by atomic mass is 9.89. The van der Waals surface area contributed by atoms with Gasteiger partial charge in [0, 0.05) is 0 Å². The molecule has 1 atom stereocenters. The van der Waals surface area contributed by atoms with Gasteiger partial charge in [-0.05, 0) is 61.4 Å². The summed E-state index contributed by atoms with van der Waals surface area (Å²) >= 11 is 0. The van der Waals surface area contributed by atoms with Crippen molar-refractivity contribution in [1.29, 1.82) is 0 Å². The molecule has 0 spiro atoms. The number of aryl methyl sites for hydroxylation is 2. The Bertz CT molecular complexity index is 368. The summed E-state index contributed by atoms with van der Waals surface area (Å²) < 4.78 is 5.30. The van der Waals surface area contributed by atoms with Gasteiger partial charge in [-0.3, -0.25) is 0 Å². The largest absolute Gasteiger partial charge is 0.497 e. The van der Waals surface area contributed by atoms with Crippen molar-refractivity contribution in [2.24, 2.45) is 0 Å². The Hall–Kier alpha value is -1.24. The van der Waals surface area contributed by atoms with Gasteiger partial charge in [0.15, 0.2) is 0 Å². The predicted molar refractivity (Wildman–Crippen MR) is 74.9 cm³/mol. The van der Waals surface area contributed by atoms with Crippen molar-refractivity contribution in [2.75, 3.05) is 7.11 Å². The Morgan fingerprint density at radius 2 is 1.76 bits per heavy atom. The van der Waals surface area contributed by atoms with Crippen LogP contribution >= 0.6 is 0 Å². The highest BCUT2D eigenvalue weighted by atomic mass is 16.5. The summed E-state index contributed by atoms with van der Waals surface area (Å²) in [5.74, 6) is 1.53. The normalized spacial score (nSPS) is 13.0. The van der Waals surface area contributed by atoms with Crippen LogP contribution in [0.5, 0.6) is 5.75 Å². The first-order valence-corrected chi connectivity index (χ1v) is 6.40. The molecule has 0 aromatic heterocycles. The third-order valence-electron chi connectivity index (χ3n) is 3.19. The summed E-state index contributed by atoms with van der Waals surface area (Å²) in [6, 6.07) is 4.25. The number of ether oxygens (including phenoxy) is 1. The summed E-state index contributed by atoms with van der Waals surface area (Å²) in [6.45, 7) is 8.81. The minimum Gasteiger partial charge on any atom is -0.497 e. The average molecular weight is 232 g/mol. The SMILES string of the molecule is CC/C=C\CC(C)c1c(C)cc(OC)cc1C. The zero-order chi connectivity index (χ0) is 12.8. The van der Waals surface area contributed by atoms with E-state index in [0.29, 0.717) is 5.92 Å².